The first-order valence-corrected chi connectivity index (χ1v) is 8.58. The van der Waals surface area contributed by atoms with Gasteiger partial charge in [0, 0.05) is 19.0 Å². The van der Waals surface area contributed by atoms with Crippen molar-refractivity contribution >= 4 is 5.91 Å². The number of carbonyl (C=O) groups excluding carboxylic acids is 1. The van der Waals surface area contributed by atoms with Crippen molar-refractivity contribution in [2.75, 3.05) is 6.54 Å². The van der Waals surface area contributed by atoms with Crippen molar-refractivity contribution in [1.82, 2.24) is 15.1 Å². The van der Waals surface area contributed by atoms with E-state index in [1.165, 1.54) is 10.7 Å². The van der Waals surface area contributed by atoms with Gasteiger partial charge in [0.1, 0.15) is 5.69 Å². The lowest BCUT2D eigenvalue weighted by Crippen LogP contribution is -2.35. The molecule has 6 nitrogen and oxygen atoms in total. The van der Waals surface area contributed by atoms with Gasteiger partial charge < -0.3 is 9.73 Å². The molecule has 1 N–H and O–H groups in total. The molecule has 134 valence electrons. The Morgan fingerprint density at radius 2 is 1.96 bits per heavy atom. The molecule has 26 heavy (non-hydrogen) atoms. The molecule has 1 atom stereocenters. The highest BCUT2D eigenvalue weighted by atomic mass is 16.3. The van der Waals surface area contributed by atoms with Crippen LogP contribution in [0.4, 0.5) is 0 Å². The Hall–Kier alpha value is -3.15. The molecule has 3 rings (SSSR count). The molecule has 2 aromatic heterocycles. The fourth-order valence-corrected chi connectivity index (χ4v) is 2.64. The van der Waals surface area contributed by atoms with Crippen molar-refractivity contribution in [3.05, 3.63) is 76.8 Å². The number of benzene rings is 1. The molecule has 0 saturated heterocycles. The highest BCUT2D eigenvalue weighted by molar-refractivity contribution is 5.76. The zero-order valence-electron chi connectivity index (χ0n) is 14.6. The second-order valence-corrected chi connectivity index (χ2v) is 6.12. The van der Waals surface area contributed by atoms with Crippen LogP contribution >= 0.6 is 0 Å². The number of rotatable bonds is 7. The standard InChI is InChI=1S/C20H21N3O3/c1-15(14-21-19(24)11-9-16-6-3-2-4-7-16)23-20(25)12-10-17(22-23)18-8-5-13-26-18/h2-8,10,12-13,15H,9,11,14H2,1H3,(H,21,24). The van der Waals surface area contributed by atoms with Crippen molar-refractivity contribution in [1.29, 1.82) is 0 Å². The molecule has 0 fully saturated rings. The average molecular weight is 351 g/mol. The molecule has 0 bridgehead atoms. The Morgan fingerprint density at radius 3 is 2.69 bits per heavy atom. The van der Waals surface area contributed by atoms with Crippen molar-refractivity contribution in [3.63, 3.8) is 0 Å². The summed E-state index contributed by atoms with van der Waals surface area (Å²) in [6.07, 6.45) is 2.65. The van der Waals surface area contributed by atoms with Crippen LogP contribution in [0.15, 0.2) is 70.1 Å². The molecular weight excluding hydrogens is 330 g/mol. The molecule has 0 aliphatic rings. The van der Waals surface area contributed by atoms with E-state index in [0.717, 1.165) is 5.56 Å². The summed E-state index contributed by atoms with van der Waals surface area (Å²) < 4.78 is 6.69. The maximum atomic E-state index is 12.1. The van der Waals surface area contributed by atoms with Crippen LogP contribution in [0, 0.1) is 0 Å². The third kappa shape index (κ3) is 4.47. The molecule has 2 heterocycles. The van der Waals surface area contributed by atoms with Gasteiger partial charge in [0.25, 0.3) is 5.56 Å². The summed E-state index contributed by atoms with van der Waals surface area (Å²) >= 11 is 0. The summed E-state index contributed by atoms with van der Waals surface area (Å²) in [5.74, 6) is 0.550. The maximum Gasteiger partial charge on any atom is 0.267 e. The van der Waals surface area contributed by atoms with Crippen LogP contribution in [0.3, 0.4) is 0 Å². The number of carbonyl (C=O) groups is 1. The lowest BCUT2D eigenvalue weighted by Gasteiger charge is -2.15. The summed E-state index contributed by atoms with van der Waals surface area (Å²) in [6, 6.07) is 16.2. The van der Waals surface area contributed by atoms with Crippen LogP contribution in [0.25, 0.3) is 11.5 Å². The lowest BCUT2D eigenvalue weighted by molar-refractivity contribution is -0.121. The summed E-state index contributed by atoms with van der Waals surface area (Å²) in [5, 5.41) is 7.22. The Kier molecular flexibility index (Phi) is 5.63. The van der Waals surface area contributed by atoms with Crippen LogP contribution < -0.4 is 10.9 Å². The molecule has 0 radical (unpaired) electrons. The molecule has 0 aliphatic carbocycles. The molecule has 6 heteroatoms. The third-order valence-electron chi connectivity index (χ3n) is 4.09. The second-order valence-electron chi connectivity index (χ2n) is 6.12. The van der Waals surface area contributed by atoms with E-state index in [-0.39, 0.29) is 17.5 Å². The first-order chi connectivity index (χ1) is 12.6. The Labute approximate surface area is 151 Å². The molecule has 0 saturated carbocycles. The van der Waals surface area contributed by atoms with Gasteiger partial charge in [0.05, 0.1) is 12.3 Å². The minimum atomic E-state index is -0.266. The Bertz CT molecular complexity index is 902. The van der Waals surface area contributed by atoms with Gasteiger partial charge in [-0.05, 0) is 37.1 Å². The first kappa shape index (κ1) is 17.7. The zero-order valence-corrected chi connectivity index (χ0v) is 14.6. The van der Waals surface area contributed by atoms with Crippen LogP contribution in [0.5, 0.6) is 0 Å². The Morgan fingerprint density at radius 1 is 1.15 bits per heavy atom. The summed E-state index contributed by atoms with van der Waals surface area (Å²) in [5.41, 5.74) is 1.49. The summed E-state index contributed by atoms with van der Waals surface area (Å²) in [7, 11) is 0. The Balaban J connectivity index is 1.57. The van der Waals surface area contributed by atoms with E-state index < -0.39 is 0 Å². The largest absolute Gasteiger partial charge is 0.463 e. The number of nitrogens with one attached hydrogen (secondary N) is 1. The van der Waals surface area contributed by atoms with Crippen LogP contribution in [-0.2, 0) is 11.2 Å². The number of nitrogens with zero attached hydrogens (tertiary/aromatic N) is 2. The normalized spacial score (nSPS) is 11.9. The van der Waals surface area contributed by atoms with Gasteiger partial charge in [0.15, 0.2) is 5.76 Å². The van der Waals surface area contributed by atoms with E-state index in [2.05, 4.69) is 10.4 Å². The molecular formula is C20H21N3O3. The number of amides is 1. The lowest BCUT2D eigenvalue weighted by atomic mass is 10.1. The van der Waals surface area contributed by atoms with Crippen molar-refractivity contribution in [2.45, 2.75) is 25.8 Å². The highest BCUT2D eigenvalue weighted by Gasteiger charge is 2.12. The number of hydrogen-bond donors (Lipinski definition) is 1. The first-order valence-electron chi connectivity index (χ1n) is 8.58. The van der Waals surface area contributed by atoms with Gasteiger partial charge in [-0.1, -0.05) is 30.3 Å². The van der Waals surface area contributed by atoms with E-state index in [1.54, 1.807) is 24.5 Å². The molecule has 3 aromatic rings. The predicted octanol–water partition coefficient (Wildman–Crippen LogP) is 2.81. The molecule has 0 spiro atoms. The van der Waals surface area contributed by atoms with Gasteiger partial charge in [-0.3, -0.25) is 9.59 Å². The number of furan rings is 1. The topological polar surface area (TPSA) is 77.1 Å². The third-order valence-corrected chi connectivity index (χ3v) is 4.09. The van der Waals surface area contributed by atoms with E-state index in [1.807, 2.05) is 37.3 Å². The van der Waals surface area contributed by atoms with E-state index >= 15 is 0 Å². The van der Waals surface area contributed by atoms with Crippen molar-refractivity contribution in [2.24, 2.45) is 0 Å². The fraction of sp³-hybridized carbons (Fsp3) is 0.250. The number of aromatic nitrogens is 2. The van der Waals surface area contributed by atoms with E-state index in [4.69, 9.17) is 4.42 Å². The summed E-state index contributed by atoms with van der Waals surface area (Å²) in [6.45, 7) is 2.18. The predicted molar refractivity (Wildman–Crippen MR) is 98.7 cm³/mol. The number of aryl methyl sites for hydroxylation is 1. The molecule has 1 unspecified atom stereocenters. The van der Waals surface area contributed by atoms with Gasteiger partial charge in [-0.15, -0.1) is 0 Å². The second kappa shape index (κ2) is 8.29. The minimum absolute atomic E-state index is 0.0454. The van der Waals surface area contributed by atoms with Gasteiger partial charge >= 0.3 is 0 Å². The fourth-order valence-electron chi connectivity index (χ4n) is 2.64. The van der Waals surface area contributed by atoms with Crippen LogP contribution in [-0.4, -0.2) is 22.2 Å². The van der Waals surface area contributed by atoms with Gasteiger partial charge in [-0.2, -0.15) is 5.10 Å². The highest BCUT2D eigenvalue weighted by Crippen LogP contribution is 2.16. The zero-order chi connectivity index (χ0) is 18.4. The number of hydrogen-bond acceptors (Lipinski definition) is 4. The quantitative estimate of drug-likeness (QED) is 0.710. The minimum Gasteiger partial charge on any atom is -0.463 e. The van der Waals surface area contributed by atoms with Crippen LogP contribution in [0.1, 0.15) is 24.9 Å². The molecule has 1 amide bonds. The molecule has 0 aliphatic heterocycles. The SMILES string of the molecule is CC(CNC(=O)CCc1ccccc1)n1nc(-c2ccco2)ccc1=O. The van der Waals surface area contributed by atoms with Gasteiger partial charge in [0.2, 0.25) is 5.91 Å². The molecule has 1 aromatic carbocycles. The van der Waals surface area contributed by atoms with E-state index in [0.29, 0.717) is 30.8 Å². The maximum absolute atomic E-state index is 12.1. The monoisotopic (exact) mass is 351 g/mol. The summed E-state index contributed by atoms with van der Waals surface area (Å²) in [4.78, 5) is 24.2. The van der Waals surface area contributed by atoms with Crippen LogP contribution in [0.2, 0.25) is 0 Å². The van der Waals surface area contributed by atoms with Crippen molar-refractivity contribution in [3.8, 4) is 11.5 Å². The van der Waals surface area contributed by atoms with Gasteiger partial charge in [-0.25, -0.2) is 4.68 Å². The smallest absolute Gasteiger partial charge is 0.267 e. The average Bonchev–Trinajstić information content (AvgIpc) is 3.20. The van der Waals surface area contributed by atoms with Crippen molar-refractivity contribution < 1.29 is 9.21 Å². The van der Waals surface area contributed by atoms with E-state index in [9.17, 15) is 9.59 Å².